The summed E-state index contributed by atoms with van der Waals surface area (Å²) in [5.74, 6) is 0.110. The van der Waals surface area contributed by atoms with Gasteiger partial charge in [-0.2, -0.15) is 0 Å². The van der Waals surface area contributed by atoms with E-state index in [-0.39, 0.29) is 17.9 Å². The van der Waals surface area contributed by atoms with Gasteiger partial charge >= 0.3 is 6.09 Å². The average Bonchev–Trinajstić information content (AvgIpc) is 3.51. The van der Waals surface area contributed by atoms with E-state index in [4.69, 9.17) is 14.2 Å². The van der Waals surface area contributed by atoms with Gasteiger partial charge in [0.1, 0.15) is 17.2 Å². The number of pyridine rings is 2. The largest absolute Gasteiger partial charge is 0.481 e. The van der Waals surface area contributed by atoms with Crippen molar-refractivity contribution in [1.29, 1.82) is 0 Å². The Morgan fingerprint density at radius 1 is 1.00 bits per heavy atom. The van der Waals surface area contributed by atoms with Gasteiger partial charge in [0, 0.05) is 23.7 Å². The molecule has 0 aliphatic carbocycles. The quantitative estimate of drug-likeness (QED) is 0.646. The Kier molecular flexibility index (Phi) is 8.82. The second kappa shape index (κ2) is 11.6. The van der Waals surface area contributed by atoms with Gasteiger partial charge in [0.25, 0.3) is 0 Å². The molecule has 0 unspecified atom stereocenters. The lowest BCUT2D eigenvalue weighted by atomic mass is 10.1. The number of ether oxygens (including phenoxy) is 3. The van der Waals surface area contributed by atoms with Crippen LogP contribution in [0.2, 0.25) is 0 Å². The van der Waals surface area contributed by atoms with Crippen molar-refractivity contribution in [3.8, 4) is 11.8 Å². The number of nitrogens with one attached hydrogen (secondary N) is 1. The van der Waals surface area contributed by atoms with Crippen LogP contribution < -0.4 is 14.8 Å². The minimum Gasteiger partial charge on any atom is -0.481 e. The molecule has 2 aromatic heterocycles. The molecule has 8 nitrogen and oxygen atoms in total. The van der Waals surface area contributed by atoms with E-state index in [1.165, 1.54) is 25.4 Å². The molecule has 35 heavy (non-hydrogen) atoms. The van der Waals surface area contributed by atoms with Crippen molar-refractivity contribution in [2.24, 2.45) is 0 Å². The van der Waals surface area contributed by atoms with Gasteiger partial charge in [0.15, 0.2) is 0 Å². The number of rotatable bonds is 4. The van der Waals surface area contributed by atoms with Gasteiger partial charge in [0.05, 0.1) is 32.7 Å². The highest BCUT2D eigenvalue weighted by Crippen LogP contribution is 2.37. The van der Waals surface area contributed by atoms with Crippen LogP contribution in [-0.4, -0.2) is 53.9 Å². The standard InChI is InChI=1S/C15H21FN2O3.C10H13FN2O/c1-15(2,3)21-14(19)18-7-5-6-12(18)11-8-10(16)9-17-13(11)20-4;1-14-10-8(5-7(11)6-13-10)9-3-2-4-12-9/h8-9,12H,5-7H2,1-4H3;5-6,9,12H,2-4H2,1H3/t12-;9-/m11/s1. The van der Waals surface area contributed by atoms with Gasteiger partial charge in [-0.3, -0.25) is 0 Å². The SMILES string of the molecule is COc1ncc(F)cc1[C@H]1CCCN1.COc1ncc(F)cc1[C@H]1CCCN1C(=O)OC(C)(C)C. The molecular weight excluding hydrogens is 458 g/mol. The van der Waals surface area contributed by atoms with Crippen LogP contribution in [0.25, 0.3) is 0 Å². The maximum absolute atomic E-state index is 13.5. The maximum Gasteiger partial charge on any atom is 0.410 e. The molecule has 4 heterocycles. The molecule has 0 aromatic carbocycles. The molecule has 192 valence electrons. The number of halogens is 2. The molecule has 2 aliphatic rings. The van der Waals surface area contributed by atoms with Crippen LogP contribution in [0.15, 0.2) is 24.5 Å². The lowest BCUT2D eigenvalue weighted by molar-refractivity contribution is 0.0222. The van der Waals surface area contributed by atoms with Crippen LogP contribution in [0.3, 0.4) is 0 Å². The van der Waals surface area contributed by atoms with E-state index in [2.05, 4.69) is 15.3 Å². The van der Waals surface area contributed by atoms with Crippen LogP contribution in [-0.2, 0) is 4.74 Å². The van der Waals surface area contributed by atoms with Crippen molar-refractivity contribution < 1.29 is 27.8 Å². The first-order valence-electron chi connectivity index (χ1n) is 11.7. The van der Waals surface area contributed by atoms with Crippen LogP contribution >= 0.6 is 0 Å². The summed E-state index contributed by atoms with van der Waals surface area (Å²) in [5.41, 5.74) is 0.847. The fourth-order valence-corrected chi connectivity index (χ4v) is 4.29. The molecule has 2 atom stereocenters. The lowest BCUT2D eigenvalue weighted by Gasteiger charge is -2.29. The van der Waals surface area contributed by atoms with E-state index in [1.54, 1.807) is 12.0 Å². The molecule has 10 heteroatoms. The summed E-state index contributed by atoms with van der Waals surface area (Å²) in [6, 6.07) is 2.79. The van der Waals surface area contributed by atoms with Crippen molar-refractivity contribution in [3.63, 3.8) is 0 Å². The number of amides is 1. The number of aromatic nitrogens is 2. The van der Waals surface area contributed by atoms with Gasteiger partial charge in [0.2, 0.25) is 11.8 Å². The molecule has 1 N–H and O–H groups in total. The number of hydrogen-bond donors (Lipinski definition) is 1. The van der Waals surface area contributed by atoms with Crippen molar-refractivity contribution in [1.82, 2.24) is 20.2 Å². The number of hydrogen-bond acceptors (Lipinski definition) is 7. The van der Waals surface area contributed by atoms with Crippen LogP contribution in [0.4, 0.5) is 13.6 Å². The second-order valence-corrected chi connectivity index (χ2v) is 9.48. The highest BCUT2D eigenvalue weighted by atomic mass is 19.1. The zero-order chi connectivity index (χ0) is 25.6. The van der Waals surface area contributed by atoms with E-state index >= 15 is 0 Å². The molecular formula is C25H34F2N4O4. The van der Waals surface area contributed by atoms with Gasteiger partial charge in [-0.25, -0.2) is 23.5 Å². The molecule has 2 fully saturated rings. The highest BCUT2D eigenvalue weighted by molar-refractivity contribution is 5.69. The maximum atomic E-state index is 13.5. The zero-order valence-corrected chi connectivity index (χ0v) is 20.9. The zero-order valence-electron chi connectivity index (χ0n) is 20.9. The normalized spacial score (nSPS) is 19.7. The van der Waals surface area contributed by atoms with Gasteiger partial charge < -0.3 is 24.4 Å². The highest BCUT2D eigenvalue weighted by Gasteiger charge is 2.35. The third-order valence-electron chi connectivity index (χ3n) is 5.75. The number of methoxy groups -OCH3 is 2. The molecule has 0 radical (unpaired) electrons. The monoisotopic (exact) mass is 492 g/mol. The van der Waals surface area contributed by atoms with Crippen molar-refractivity contribution in [3.05, 3.63) is 47.3 Å². The molecule has 4 rings (SSSR count). The Labute approximate surface area is 205 Å². The van der Waals surface area contributed by atoms with Crippen molar-refractivity contribution >= 4 is 6.09 Å². The molecule has 0 spiro atoms. The van der Waals surface area contributed by atoms with E-state index < -0.39 is 17.5 Å². The van der Waals surface area contributed by atoms with Crippen molar-refractivity contribution in [2.75, 3.05) is 27.3 Å². The Hall–Kier alpha value is -3.01. The summed E-state index contributed by atoms with van der Waals surface area (Å²) in [5, 5.41) is 3.29. The lowest BCUT2D eigenvalue weighted by Crippen LogP contribution is -2.36. The number of carbonyl (C=O) groups is 1. The summed E-state index contributed by atoms with van der Waals surface area (Å²) in [6.07, 6.45) is 5.60. The smallest absolute Gasteiger partial charge is 0.410 e. The molecule has 0 saturated carbocycles. The molecule has 0 bridgehead atoms. The topological polar surface area (TPSA) is 85.8 Å². The van der Waals surface area contributed by atoms with E-state index in [1.807, 2.05) is 20.8 Å². The van der Waals surface area contributed by atoms with Crippen LogP contribution in [0, 0.1) is 11.6 Å². The molecule has 2 aliphatic heterocycles. The van der Waals surface area contributed by atoms with Gasteiger partial charge in [-0.15, -0.1) is 0 Å². The number of likely N-dealkylation sites (tertiary alicyclic amines) is 1. The van der Waals surface area contributed by atoms with Crippen LogP contribution in [0.1, 0.15) is 69.7 Å². The predicted molar refractivity (Wildman–Crippen MR) is 126 cm³/mol. The number of nitrogens with zero attached hydrogens (tertiary/aromatic N) is 3. The Bertz CT molecular complexity index is 1010. The summed E-state index contributed by atoms with van der Waals surface area (Å²) < 4.78 is 42.2. The fourth-order valence-electron chi connectivity index (χ4n) is 4.29. The van der Waals surface area contributed by atoms with Crippen molar-refractivity contribution in [2.45, 2.75) is 64.1 Å². The predicted octanol–water partition coefficient (Wildman–Crippen LogP) is 4.96. The van der Waals surface area contributed by atoms with Crippen LogP contribution in [0.5, 0.6) is 11.8 Å². The summed E-state index contributed by atoms with van der Waals surface area (Å²) in [7, 11) is 3.04. The minimum atomic E-state index is -0.561. The first-order valence-corrected chi connectivity index (χ1v) is 11.7. The molecule has 2 saturated heterocycles. The second-order valence-electron chi connectivity index (χ2n) is 9.48. The first-order chi connectivity index (χ1) is 16.6. The summed E-state index contributed by atoms with van der Waals surface area (Å²) >= 11 is 0. The molecule has 2 aromatic rings. The summed E-state index contributed by atoms with van der Waals surface area (Å²) in [4.78, 5) is 21.7. The minimum absolute atomic E-state index is 0.188. The molecule has 1 amide bonds. The third-order valence-corrected chi connectivity index (χ3v) is 5.75. The van der Waals surface area contributed by atoms with E-state index in [9.17, 15) is 13.6 Å². The van der Waals surface area contributed by atoms with E-state index in [0.29, 0.717) is 23.9 Å². The average molecular weight is 493 g/mol. The van der Waals surface area contributed by atoms with Gasteiger partial charge in [-0.05, 0) is 65.1 Å². The van der Waals surface area contributed by atoms with Gasteiger partial charge in [-0.1, -0.05) is 0 Å². The Morgan fingerprint density at radius 3 is 2.14 bits per heavy atom. The number of carbonyl (C=O) groups excluding carboxylic acids is 1. The Balaban J connectivity index is 0.000000211. The summed E-state index contributed by atoms with van der Waals surface area (Å²) in [6.45, 7) is 7.02. The Morgan fingerprint density at radius 2 is 1.60 bits per heavy atom. The first kappa shape index (κ1) is 26.6. The van der Waals surface area contributed by atoms with E-state index in [0.717, 1.165) is 44.0 Å². The fraction of sp³-hybridized carbons (Fsp3) is 0.560. The third kappa shape index (κ3) is 7.00.